The van der Waals surface area contributed by atoms with E-state index in [0.29, 0.717) is 12.8 Å². The van der Waals surface area contributed by atoms with Crippen molar-refractivity contribution in [1.82, 2.24) is 0 Å². The van der Waals surface area contributed by atoms with E-state index in [2.05, 4.69) is 13.8 Å². The highest BCUT2D eigenvalue weighted by molar-refractivity contribution is 5.71. The summed E-state index contributed by atoms with van der Waals surface area (Å²) in [7, 11) is 0. The summed E-state index contributed by atoms with van der Waals surface area (Å²) in [6.07, 6.45) is 27.7. The van der Waals surface area contributed by atoms with Gasteiger partial charge in [-0.2, -0.15) is 0 Å². The van der Waals surface area contributed by atoms with Crippen molar-refractivity contribution in [3.8, 4) is 0 Å². The van der Waals surface area contributed by atoms with Crippen LogP contribution in [-0.4, -0.2) is 18.2 Å². The molecule has 0 saturated heterocycles. The number of rotatable bonds is 26. The van der Waals surface area contributed by atoms with E-state index in [9.17, 15) is 9.59 Å². The molecular formula is C30H58O4. The van der Waals surface area contributed by atoms with Crippen LogP contribution in [0.25, 0.3) is 0 Å². The average Bonchev–Trinajstić information content (AvgIpc) is 2.80. The molecule has 0 aliphatic heterocycles. The van der Waals surface area contributed by atoms with Gasteiger partial charge in [-0.1, -0.05) is 142 Å². The number of ether oxygens (including phenoxy) is 2. The fraction of sp³-hybridized carbons (Fsp3) is 0.933. The van der Waals surface area contributed by atoms with Crippen molar-refractivity contribution in [3.05, 3.63) is 0 Å². The summed E-state index contributed by atoms with van der Waals surface area (Å²) in [4.78, 5) is 23.9. The fourth-order valence-electron chi connectivity index (χ4n) is 4.38. The van der Waals surface area contributed by atoms with Crippen molar-refractivity contribution in [2.45, 2.75) is 181 Å². The van der Waals surface area contributed by atoms with Gasteiger partial charge in [0.1, 0.15) is 0 Å². The van der Waals surface area contributed by atoms with Gasteiger partial charge < -0.3 is 9.47 Å². The molecule has 0 bridgehead atoms. The van der Waals surface area contributed by atoms with Gasteiger partial charge in [-0.25, -0.2) is 0 Å². The van der Waals surface area contributed by atoms with Crippen molar-refractivity contribution in [1.29, 1.82) is 0 Å². The Balaban J connectivity index is 3.45. The zero-order chi connectivity index (χ0) is 25.1. The fourth-order valence-corrected chi connectivity index (χ4v) is 4.38. The highest BCUT2D eigenvalue weighted by Crippen LogP contribution is 2.14. The molecule has 0 heterocycles. The van der Waals surface area contributed by atoms with Gasteiger partial charge >= 0.3 is 11.9 Å². The van der Waals surface area contributed by atoms with Gasteiger partial charge in [-0.3, -0.25) is 9.59 Å². The molecule has 0 spiro atoms. The van der Waals surface area contributed by atoms with Gasteiger partial charge in [0.15, 0.2) is 0 Å². The minimum Gasteiger partial charge on any atom is -0.425 e. The first-order chi connectivity index (χ1) is 16.6. The summed E-state index contributed by atoms with van der Waals surface area (Å²) in [5.74, 6) is -0.517. The number of hydrogen-bond donors (Lipinski definition) is 0. The Kier molecular flexibility index (Phi) is 25.7. The van der Waals surface area contributed by atoms with Gasteiger partial charge in [-0.15, -0.1) is 0 Å². The number of hydrogen-bond acceptors (Lipinski definition) is 4. The van der Waals surface area contributed by atoms with Gasteiger partial charge in [0, 0.05) is 19.8 Å². The molecule has 0 saturated carbocycles. The lowest BCUT2D eigenvalue weighted by Crippen LogP contribution is -2.21. The molecule has 34 heavy (non-hydrogen) atoms. The second kappa shape index (κ2) is 26.5. The predicted molar refractivity (Wildman–Crippen MR) is 144 cm³/mol. The molecule has 0 aromatic rings. The van der Waals surface area contributed by atoms with E-state index in [1.807, 2.05) is 0 Å². The first kappa shape index (κ1) is 32.9. The number of carbonyl (C=O) groups excluding carboxylic acids is 2. The molecule has 4 heteroatoms. The van der Waals surface area contributed by atoms with Crippen LogP contribution in [0.15, 0.2) is 0 Å². The Hall–Kier alpha value is -1.06. The molecule has 0 aromatic heterocycles. The number of unbranched alkanes of at least 4 members (excludes halogenated alkanes) is 20. The molecule has 0 rings (SSSR count). The van der Waals surface area contributed by atoms with Gasteiger partial charge in [-0.05, 0) is 12.8 Å². The van der Waals surface area contributed by atoms with Crippen molar-refractivity contribution in [2.24, 2.45) is 0 Å². The third-order valence-electron chi connectivity index (χ3n) is 6.56. The minimum absolute atomic E-state index is 0.258. The molecule has 202 valence electrons. The van der Waals surface area contributed by atoms with Crippen molar-refractivity contribution in [2.75, 3.05) is 0 Å². The second-order valence-corrected chi connectivity index (χ2v) is 10.1. The molecule has 0 aliphatic rings. The van der Waals surface area contributed by atoms with E-state index < -0.39 is 6.29 Å². The van der Waals surface area contributed by atoms with Gasteiger partial charge in [0.25, 0.3) is 0 Å². The Morgan fingerprint density at radius 1 is 0.441 bits per heavy atom. The summed E-state index contributed by atoms with van der Waals surface area (Å²) >= 11 is 0. The molecule has 0 atom stereocenters. The Labute approximate surface area is 212 Å². The van der Waals surface area contributed by atoms with E-state index in [4.69, 9.17) is 9.47 Å². The Morgan fingerprint density at radius 3 is 0.941 bits per heavy atom. The maximum atomic E-state index is 11.9. The smallest absolute Gasteiger partial charge is 0.308 e. The van der Waals surface area contributed by atoms with Crippen LogP contribution < -0.4 is 0 Å². The van der Waals surface area contributed by atoms with Crippen LogP contribution >= 0.6 is 0 Å². The van der Waals surface area contributed by atoms with Crippen LogP contribution in [0, 0.1) is 0 Å². The molecule has 0 N–H and O–H groups in total. The zero-order valence-electron chi connectivity index (χ0n) is 23.2. The highest BCUT2D eigenvalue weighted by atomic mass is 16.7. The standard InChI is InChI=1S/C30H58O4/c1-4-6-8-10-12-14-16-18-20-22-24-26-29(31)33-28(3)34-30(32)27-25-23-21-19-17-15-13-11-9-7-5-2/h28H,4-27H2,1-3H3. The molecule has 0 aromatic carbocycles. The third kappa shape index (κ3) is 25.6. The van der Waals surface area contributed by atoms with E-state index in [1.165, 1.54) is 116 Å². The minimum atomic E-state index is -0.777. The Morgan fingerprint density at radius 2 is 0.676 bits per heavy atom. The molecular weight excluding hydrogens is 424 g/mol. The Bertz CT molecular complexity index is 409. The van der Waals surface area contributed by atoms with E-state index in [1.54, 1.807) is 6.92 Å². The van der Waals surface area contributed by atoms with Crippen LogP contribution in [0.1, 0.15) is 175 Å². The summed E-state index contributed by atoms with van der Waals surface area (Å²) < 4.78 is 10.5. The van der Waals surface area contributed by atoms with Crippen LogP contribution in [0.4, 0.5) is 0 Å². The molecule has 0 amide bonds. The van der Waals surface area contributed by atoms with Crippen molar-refractivity contribution < 1.29 is 19.1 Å². The lowest BCUT2D eigenvalue weighted by molar-refractivity contribution is -0.184. The second-order valence-electron chi connectivity index (χ2n) is 10.1. The summed E-state index contributed by atoms with van der Waals surface area (Å²) in [6, 6.07) is 0. The first-order valence-corrected chi connectivity index (χ1v) is 15.0. The maximum absolute atomic E-state index is 11.9. The quantitative estimate of drug-likeness (QED) is 0.0699. The monoisotopic (exact) mass is 482 g/mol. The van der Waals surface area contributed by atoms with Crippen molar-refractivity contribution in [3.63, 3.8) is 0 Å². The molecule has 0 radical (unpaired) electrons. The number of esters is 2. The summed E-state index contributed by atoms with van der Waals surface area (Å²) in [5.41, 5.74) is 0. The van der Waals surface area contributed by atoms with Crippen LogP contribution in [-0.2, 0) is 19.1 Å². The van der Waals surface area contributed by atoms with E-state index in [0.717, 1.165) is 25.7 Å². The zero-order valence-corrected chi connectivity index (χ0v) is 23.2. The van der Waals surface area contributed by atoms with Crippen LogP contribution in [0.2, 0.25) is 0 Å². The summed E-state index contributed by atoms with van der Waals surface area (Å²) in [5, 5.41) is 0. The molecule has 0 aliphatic carbocycles. The van der Waals surface area contributed by atoms with E-state index >= 15 is 0 Å². The molecule has 0 unspecified atom stereocenters. The van der Waals surface area contributed by atoms with Gasteiger partial charge in [0.2, 0.25) is 6.29 Å². The van der Waals surface area contributed by atoms with Crippen LogP contribution in [0.5, 0.6) is 0 Å². The predicted octanol–water partition coefficient (Wildman–Crippen LogP) is 9.82. The number of carbonyl (C=O) groups is 2. The SMILES string of the molecule is CCCCCCCCCCCCCC(=O)OC(C)OC(=O)CCCCCCCCCCCCC. The van der Waals surface area contributed by atoms with Crippen LogP contribution in [0.3, 0.4) is 0 Å². The lowest BCUT2D eigenvalue weighted by Gasteiger charge is -2.14. The maximum Gasteiger partial charge on any atom is 0.308 e. The van der Waals surface area contributed by atoms with Gasteiger partial charge in [0.05, 0.1) is 0 Å². The topological polar surface area (TPSA) is 52.6 Å². The highest BCUT2D eigenvalue weighted by Gasteiger charge is 2.13. The normalized spacial score (nSPS) is 11.2. The van der Waals surface area contributed by atoms with E-state index in [-0.39, 0.29) is 11.9 Å². The molecule has 0 fully saturated rings. The lowest BCUT2D eigenvalue weighted by atomic mass is 10.1. The summed E-state index contributed by atoms with van der Waals surface area (Å²) in [6.45, 7) is 6.14. The average molecular weight is 483 g/mol. The first-order valence-electron chi connectivity index (χ1n) is 15.0. The largest absolute Gasteiger partial charge is 0.425 e. The molecule has 4 nitrogen and oxygen atoms in total. The third-order valence-corrected chi connectivity index (χ3v) is 6.56. The van der Waals surface area contributed by atoms with Crippen molar-refractivity contribution >= 4 is 11.9 Å².